The van der Waals surface area contributed by atoms with Crippen LogP contribution in [0.5, 0.6) is 17.2 Å². The molecule has 1 N–H and O–H groups in total. The van der Waals surface area contributed by atoms with Crippen LogP contribution in [-0.4, -0.2) is 74.1 Å². The van der Waals surface area contributed by atoms with E-state index in [0.29, 0.717) is 60.6 Å². The molecule has 8 heteroatoms. The van der Waals surface area contributed by atoms with Crippen molar-refractivity contribution in [1.82, 2.24) is 9.80 Å². The third-order valence-electron chi connectivity index (χ3n) is 6.59. The number of rotatable bonds is 13. The molecule has 1 atom stereocenters. The van der Waals surface area contributed by atoms with E-state index in [0.717, 1.165) is 12.0 Å². The van der Waals surface area contributed by atoms with E-state index in [1.807, 2.05) is 32.0 Å². The topological polar surface area (TPSA) is 88.5 Å². The molecule has 210 valence electrons. The lowest BCUT2D eigenvalue weighted by Crippen LogP contribution is -2.35. The van der Waals surface area contributed by atoms with Gasteiger partial charge in [-0.05, 0) is 74.8 Å². The number of ketones is 1. The molecule has 1 heterocycles. The molecule has 0 aliphatic carbocycles. The number of carbonyl (C=O) groups is 2. The molecule has 0 radical (unpaired) electrons. The van der Waals surface area contributed by atoms with Crippen molar-refractivity contribution in [2.75, 3.05) is 47.5 Å². The minimum absolute atomic E-state index is 0.0356. The molecule has 1 amide bonds. The van der Waals surface area contributed by atoms with Crippen LogP contribution >= 0.6 is 0 Å². The summed E-state index contributed by atoms with van der Waals surface area (Å²) < 4.78 is 17.2. The normalized spacial score (nSPS) is 16.7. The van der Waals surface area contributed by atoms with Crippen LogP contribution < -0.4 is 14.2 Å². The van der Waals surface area contributed by atoms with E-state index in [1.54, 1.807) is 43.5 Å². The molecule has 3 rings (SSSR count). The van der Waals surface area contributed by atoms with Gasteiger partial charge in [0.1, 0.15) is 18.1 Å². The molecular formula is C31H40N2O6. The fraction of sp³-hybridized carbons (Fsp3) is 0.419. The second kappa shape index (κ2) is 13.3. The van der Waals surface area contributed by atoms with Crippen LogP contribution in [0.3, 0.4) is 0 Å². The van der Waals surface area contributed by atoms with Gasteiger partial charge < -0.3 is 29.1 Å². The number of amides is 1. The molecule has 0 bridgehead atoms. The lowest BCUT2D eigenvalue weighted by molar-refractivity contribution is -0.140. The first-order valence-electron chi connectivity index (χ1n) is 13.2. The third-order valence-corrected chi connectivity index (χ3v) is 6.59. The lowest BCUT2D eigenvalue weighted by Gasteiger charge is -2.27. The lowest BCUT2D eigenvalue weighted by atomic mass is 9.94. The van der Waals surface area contributed by atoms with Gasteiger partial charge in [0.2, 0.25) is 0 Å². The Labute approximate surface area is 231 Å². The number of aliphatic hydroxyl groups excluding tert-OH is 1. The smallest absolute Gasteiger partial charge is 0.295 e. The van der Waals surface area contributed by atoms with Gasteiger partial charge in [0.15, 0.2) is 11.5 Å². The van der Waals surface area contributed by atoms with Crippen molar-refractivity contribution < 1.29 is 28.9 Å². The zero-order chi connectivity index (χ0) is 28.7. The van der Waals surface area contributed by atoms with Gasteiger partial charge in [0, 0.05) is 18.7 Å². The van der Waals surface area contributed by atoms with Crippen molar-refractivity contribution in [1.29, 1.82) is 0 Å². The van der Waals surface area contributed by atoms with Crippen molar-refractivity contribution in [3.05, 3.63) is 71.3 Å². The van der Waals surface area contributed by atoms with E-state index in [1.165, 1.54) is 4.90 Å². The molecule has 0 spiro atoms. The standard InChI is InChI=1S/C31H40N2O6/c1-8-16-38-24-11-10-23(18-21(24)4)29(34)27-28(33(15-14-32(5)6)31(36)30(27)35)22-9-12-25(26(19-22)37-7)39-17-13-20(2)3/h8-12,18-20,28,34H,1,13-17H2,2-7H3. The average molecular weight is 537 g/mol. The molecule has 2 aromatic rings. The highest BCUT2D eigenvalue weighted by atomic mass is 16.5. The molecule has 2 aromatic carbocycles. The zero-order valence-corrected chi connectivity index (χ0v) is 23.8. The fourth-order valence-corrected chi connectivity index (χ4v) is 4.41. The highest BCUT2D eigenvalue weighted by Gasteiger charge is 2.46. The van der Waals surface area contributed by atoms with Crippen LogP contribution in [-0.2, 0) is 9.59 Å². The van der Waals surface area contributed by atoms with Gasteiger partial charge in [-0.2, -0.15) is 0 Å². The van der Waals surface area contributed by atoms with E-state index < -0.39 is 17.7 Å². The predicted molar refractivity (Wildman–Crippen MR) is 152 cm³/mol. The first-order valence-corrected chi connectivity index (χ1v) is 13.2. The number of aliphatic hydroxyl groups is 1. The van der Waals surface area contributed by atoms with Crippen molar-refractivity contribution in [2.45, 2.75) is 33.2 Å². The zero-order valence-electron chi connectivity index (χ0n) is 23.8. The van der Waals surface area contributed by atoms with Crippen molar-refractivity contribution in [3.63, 3.8) is 0 Å². The van der Waals surface area contributed by atoms with E-state index in [9.17, 15) is 14.7 Å². The number of benzene rings is 2. The molecular weight excluding hydrogens is 496 g/mol. The van der Waals surface area contributed by atoms with Gasteiger partial charge in [-0.3, -0.25) is 9.59 Å². The van der Waals surface area contributed by atoms with Gasteiger partial charge in [0.25, 0.3) is 11.7 Å². The summed E-state index contributed by atoms with van der Waals surface area (Å²) in [6, 6.07) is 9.74. The van der Waals surface area contributed by atoms with E-state index in [4.69, 9.17) is 14.2 Å². The van der Waals surface area contributed by atoms with Crippen molar-refractivity contribution in [2.24, 2.45) is 5.92 Å². The number of Topliss-reactive ketones (excluding diaryl/α,β-unsaturated/α-hetero) is 1. The number of methoxy groups -OCH3 is 1. The summed E-state index contributed by atoms with van der Waals surface area (Å²) in [4.78, 5) is 30.1. The monoisotopic (exact) mass is 536 g/mol. The minimum atomic E-state index is -0.791. The Bertz CT molecular complexity index is 1230. The summed E-state index contributed by atoms with van der Waals surface area (Å²) in [5.41, 5.74) is 1.89. The van der Waals surface area contributed by atoms with Crippen molar-refractivity contribution >= 4 is 17.4 Å². The molecule has 0 saturated carbocycles. The number of likely N-dealkylation sites (N-methyl/N-ethyl adjacent to an activating group) is 1. The third kappa shape index (κ3) is 7.00. The largest absolute Gasteiger partial charge is 0.507 e. The molecule has 1 fully saturated rings. The van der Waals surface area contributed by atoms with Crippen LogP contribution in [0.15, 0.2) is 54.6 Å². The van der Waals surface area contributed by atoms with E-state index in [-0.39, 0.29) is 11.3 Å². The van der Waals surface area contributed by atoms with Crippen LogP contribution in [0.2, 0.25) is 0 Å². The first-order chi connectivity index (χ1) is 18.6. The van der Waals surface area contributed by atoms with Crippen LogP contribution in [0, 0.1) is 12.8 Å². The van der Waals surface area contributed by atoms with Gasteiger partial charge in [-0.15, -0.1) is 0 Å². The highest BCUT2D eigenvalue weighted by Crippen LogP contribution is 2.42. The molecule has 1 aliphatic rings. The maximum Gasteiger partial charge on any atom is 0.295 e. The molecule has 0 aromatic heterocycles. The Kier molecular flexibility index (Phi) is 10.2. The summed E-state index contributed by atoms with van der Waals surface area (Å²) in [7, 11) is 5.35. The number of carbonyl (C=O) groups excluding carboxylic acids is 2. The SMILES string of the molecule is C=CCOc1ccc(C(O)=C2C(=O)C(=O)N(CCN(C)C)C2c2ccc(OCCC(C)C)c(OC)c2)cc1C. The maximum absolute atomic E-state index is 13.4. The van der Waals surface area contributed by atoms with E-state index in [2.05, 4.69) is 20.4 Å². The fourth-order valence-electron chi connectivity index (χ4n) is 4.41. The van der Waals surface area contributed by atoms with Gasteiger partial charge in [-0.1, -0.05) is 32.6 Å². The first kappa shape index (κ1) is 29.8. The predicted octanol–water partition coefficient (Wildman–Crippen LogP) is 4.98. The number of likely N-dealkylation sites (tertiary alicyclic amines) is 1. The highest BCUT2D eigenvalue weighted by molar-refractivity contribution is 6.46. The average Bonchev–Trinajstić information content (AvgIpc) is 3.15. The molecule has 1 saturated heterocycles. The molecule has 1 unspecified atom stereocenters. The number of ether oxygens (including phenoxy) is 3. The number of aryl methyl sites for hydroxylation is 1. The molecule has 8 nitrogen and oxygen atoms in total. The quantitative estimate of drug-likeness (QED) is 0.167. The summed E-state index contributed by atoms with van der Waals surface area (Å²) in [5.74, 6) is 0.608. The maximum atomic E-state index is 13.4. The second-order valence-electron chi connectivity index (χ2n) is 10.3. The van der Waals surface area contributed by atoms with Gasteiger partial charge in [0.05, 0.1) is 25.3 Å². The Morgan fingerprint density at radius 2 is 1.82 bits per heavy atom. The van der Waals surface area contributed by atoms with Crippen LogP contribution in [0.4, 0.5) is 0 Å². The molecule has 1 aliphatic heterocycles. The summed E-state index contributed by atoms with van der Waals surface area (Å²) in [5, 5.41) is 11.4. The van der Waals surface area contributed by atoms with E-state index >= 15 is 0 Å². The summed E-state index contributed by atoms with van der Waals surface area (Å²) in [6.07, 6.45) is 2.55. The molecule has 39 heavy (non-hydrogen) atoms. The number of nitrogens with zero attached hydrogens (tertiary/aromatic N) is 2. The van der Waals surface area contributed by atoms with Gasteiger partial charge in [-0.25, -0.2) is 0 Å². The van der Waals surface area contributed by atoms with Crippen molar-refractivity contribution in [3.8, 4) is 17.2 Å². The number of hydrogen-bond donors (Lipinski definition) is 1. The second-order valence-corrected chi connectivity index (χ2v) is 10.3. The summed E-state index contributed by atoms with van der Waals surface area (Å²) in [6.45, 7) is 11.5. The Morgan fingerprint density at radius 1 is 1.10 bits per heavy atom. The van der Waals surface area contributed by atoms with Gasteiger partial charge >= 0.3 is 0 Å². The Hall–Kier alpha value is -3.78. The Balaban J connectivity index is 2.09. The Morgan fingerprint density at radius 3 is 2.44 bits per heavy atom. The van der Waals surface area contributed by atoms with Crippen LogP contribution in [0.25, 0.3) is 5.76 Å². The minimum Gasteiger partial charge on any atom is -0.507 e. The van der Waals surface area contributed by atoms with Crippen LogP contribution in [0.1, 0.15) is 43.0 Å². The summed E-state index contributed by atoms with van der Waals surface area (Å²) >= 11 is 0. The number of hydrogen-bond acceptors (Lipinski definition) is 7.